The van der Waals surface area contributed by atoms with Crippen LogP contribution in [0.4, 0.5) is 0 Å². The molecule has 4 rings (SSSR count). The second kappa shape index (κ2) is 5.90. The third-order valence-electron chi connectivity index (χ3n) is 4.03. The average molecular weight is 311 g/mol. The number of nitrogens with one attached hydrogen (secondary N) is 1. The highest BCUT2D eigenvalue weighted by molar-refractivity contribution is 5.57. The number of likely N-dealkylation sites (N-methyl/N-ethyl adjacent to an activating group) is 1. The van der Waals surface area contributed by atoms with Crippen LogP contribution in [0.5, 0.6) is 0 Å². The van der Waals surface area contributed by atoms with E-state index < -0.39 is 0 Å². The van der Waals surface area contributed by atoms with Crippen LogP contribution < -0.4 is 5.32 Å². The van der Waals surface area contributed by atoms with E-state index in [2.05, 4.69) is 37.5 Å². The quantitative estimate of drug-likeness (QED) is 0.769. The first-order chi connectivity index (χ1) is 11.3. The van der Waals surface area contributed by atoms with Crippen LogP contribution in [0.15, 0.2) is 41.4 Å². The van der Waals surface area contributed by atoms with E-state index >= 15 is 0 Å². The number of aromatic nitrogens is 5. The van der Waals surface area contributed by atoms with Crippen LogP contribution in [-0.2, 0) is 0 Å². The summed E-state index contributed by atoms with van der Waals surface area (Å²) in [5.41, 5.74) is 1.76. The van der Waals surface area contributed by atoms with Crippen molar-refractivity contribution in [2.45, 2.75) is 6.04 Å². The van der Waals surface area contributed by atoms with E-state index in [1.807, 2.05) is 24.3 Å². The van der Waals surface area contributed by atoms with Crippen LogP contribution in [0.1, 0.15) is 11.9 Å². The lowest BCUT2D eigenvalue weighted by Gasteiger charge is -2.30. The van der Waals surface area contributed by atoms with Gasteiger partial charge in [0, 0.05) is 25.2 Å². The van der Waals surface area contributed by atoms with Gasteiger partial charge in [0.25, 0.3) is 5.89 Å². The lowest BCUT2D eigenvalue weighted by Crippen LogP contribution is -2.44. The molecule has 0 bridgehead atoms. The Morgan fingerprint density at radius 3 is 3.13 bits per heavy atom. The van der Waals surface area contributed by atoms with Crippen molar-refractivity contribution in [2.75, 3.05) is 26.7 Å². The Balaban J connectivity index is 1.63. The number of hydrogen-bond acceptors (Lipinski definition) is 7. The summed E-state index contributed by atoms with van der Waals surface area (Å²) in [5, 5.41) is 11.6. The topological polar surface area (TPSA) is 84.9 Å². The summed E-state index contributed by atoms with van der Waals surface area (Å²) in [4.78, 5) is 10.8. The minimum atomic E-state index is 0.139. The predicted octanol–water partition coefficient (Wildman–Crippen LogP) is 0.893. The van der Waals surface area contributed by atoms with E-state index in [-0.39, 0.29) is 6.04 Å². The molecule has 1 aromatic carbocycles. The van der Waals surface area contributed by atoms with Gasteiger partial charge < -0.3 is 9.84 Å². The van der Waals surface area contributed by atoms with E-state index in [0.29, 0.717) is 11.7 Å². The van der Waals surface area contributed by atoms with Gasteiger partial charge in [0.1, 0.15) is 12.7 Å². The molecule has 1 fully saturated rings. The number of rotatable bonds is 3. The maximum Gasteiger partial charge on any atom is 0.258 e. The van der Waals surface area contributed by atoms with Crippen molar-refractivity contribution in [2.24, 2.45) is 0 Å². The Labute approximate surface area is 133 Å². The largest absolute Gasteiger partial charge is 0.334 e. The van der Waals surface area contributed by atoms with Crippen LogP contribution in [-0.4, -0.2) is 56.5 Å². The molecule has 1 atom stereocenters. The molecule has 0 aliphatic carbocycles. The van der Waals surface area contributed by atoms with Gasteiger partial charge in [-0.2, -0.15) is 10.1 Å². The van der Waals surface area contributed by atoms with Crippen LogP contribution in [0, 0.1) is 0 Å². The van der Waals surface area contributed by atoms with E-state index in [1.165, 1.54) is 6.33 Å². The van der Waals surface area contributed by atoms with Gasteiger partial charge in [0.2, 0.25) is 0 Å². The maximum atomic E-state index is 5.46. The third-order valence-corrected chi connectivity index (χ3v) is 4.03. The molecule has 1 saturated heterocycles. The summed E-state index contributed by atoms with van der Waals surface area (Å²) in [7, 11) is 2.08. The summed E-state index contributed by atoms with van der Waals surface area (Å²) < 4.78 is 7.16. The third kappa shape index (κ3) is 2.73. The van der Waals surface area contributed by atoms with Crippen molar-refractivity contribution < 1.29 is 4.52 Å². The van der Waals surface area contributed by atoms with Gasteiger partial charge >= 0.3 is 0 Å². The van der Waals surface area contributed by atoms with Gasteiger partial charge in [-0.15, -0.1) is 0 Å². The molecule has 3 aromatic rings. The Hall–Kier alpha value is -2.58. The van der Waals surface area contributed by atoms with Crippen molar-refractivity contribution in [3.05, 3.63) is 42.7 Å². The van der Waals surface area contributed by atoms with Crippen molar-refractivity contribution in [3.63, 3.8) is 0 Å². The van der Waals surface area contributed by atoms with Crippen molar-refractivity contribution >= 4 is 0 Å². The van der Waals surface area contributed by atoms with Gasteiger partial charge in [-0.25, -0.2) is 9.67 Å². The van der Waals surface area contributed by atoms with Crippen molar-refractivity contribution in [3.8, 4) is 17.1 Å². The first-order valence-electron chi connectivity index (χ1n) is 7.51. The predicted molar refractivity (Wildman–Crippen MR) is 82.9 cm³/mol. The normalized spacial score (nSPS) is 19.1. The molecule has 8 nitrogen and oxygen atoms in total. The van der Waals surface area contributed by atoms with Crippen LogP contribution in [0.3, 0.4) is 0 Å². The highest BCUT2D eigenvalue weighted by Gasteiger charge is 2.25. The highest BCUT2D eigenvalue weighted by Crippen LogP contribution is 2.24. The summed E-state index contributed by atoms with van der Waals surface area (Å²) >= 11 is 0. The molecule has 3 heterocycles. The van der Waals surface area contributed by atoms with Gasteiger partial charge in [-0.05, 0) is 25.2 Å². The van der Waals surface area contributed by atoms with Crippen LogP contribution in [0.25, 0.3) is 17.1 Å². The standard InChI is InChI=1S/C15H17N7O/c1-21-6-5-16-8-13(21)14-19-15(23-20-14)11-3-2-4-12(7-11)22-10-17-9-18-22/h2-4,7,9-10,13,16H,5-6,8H2,1H3. The zero-order valence-electron chi connectivity index (χ0n) is 12.8. The van der Waals surface area contributed by atoms with E-state index in [0.717, 1.165) is 30.9 Å². The highest BCUT2D eigenvalue weighted by atomic mass is 16.5. The maximum absolute atomic E-state index is 5.46. The second-order valence-corrected chi connectivity index (χ2v) is 5.55. The lowest BCUT2D eigenvalue weighted by atomic mass is 10.2. The molecule has 2 aromatic heterocycles. The fourth-order valence-corrected chi connectivity index (χ4v) is 2.70. The average Bonchev–Trinajstić information content (AvgIpc) is 3.27. The van der Waals surface area contributed by atoms with Gasteiger partial charge in [0.15, 0.2) is 5.82 Å². The molecular formula is C15H17N7O. The smallest absolute Gasteiger partial charge is 0.258 e. The number of hydrogen-bond donors (Lipinski definition) is 1. The minimum Gasteiger partial charge on any atom is -0.334 e. The van der Waals surface area contributed by atoms with E-state index in [4.69, 9.17) is 4.52 Å². The monoisotopic (exact) mass is 311 g/mol. The molecule has 23 heavy (non-hydrogen) atoms. The summed E-state index contributed by atoms with van der Waals surface area (Å²) in [5.74, 6) is 1.22. The number of benzene rings is 1. The van der Waals surface area contributed by atoms with Crippen LogP contribution in [0.2, 0.25) is 0 Å². The van der Waals surface area contributed by atoms with Gasteiger partial charge in [-0.3, -0.25) is 4.90 Å². The Bertz CT molecular complexity index is 783. The Morgan fingerprint density at radius 1 is 1.35 bits per heavy atom. The zero-order valence-corrected chi connectivity index (χ0v) is 12.8. The summed E-state index contributed by atoms with van der Waals surface area (Å²) in [6.07, 6.45) is 3.16. The zero-order chi connectivity index (χ0) is 15.6. The Morgan fingerprint density at radius 2 is 2.30 bits per heavy atom. The first kappa shape index (κ1) is 14.0. The molecule has 1 aliphatic heterocycles. The summed E-state index contributed by atoms with van der Waals surface area (Å²) in [6.45, 7) is 2.78. The molecule has 0 saturated carbocycles. The minimum absolute atomic E-state index is 0.139. The Kier molecular flexibility index (Phi) is 3.60. The molecular weight excluding hydrogens is 294 g/mol. The summed E-state index contributed by atoms with van der Waals surface area (Å²) in [6, 6.07) is 7.92. The van der Waals surface area contributed by atoms with Crippen LogP contribution >= 0.6 is 0 Å². The van der Waals surface area contributed by atoms with E-state index in [1.54, 1.807) is 11.0 Å². The molecule has 1 aliphatic rings. The van der Waals surface area contributed by atoms with Gasteiger partial charge in [-0.1, -0.05) is 11.2 Å². The van der Waals surface area contributed by atoms with E-state index in [9.17, 15) is 0 Å². The van der Waals surface area contributed by atoms with Gasteiger partial charge in [0.05, 0.1) is 11.7 Å². The number of piperazine rings is 1. The molecule has 1 unspecified atom stereocenters. The first-order valence-corrected chi connectivity index (χ1v) is 7.51. The molecule has 0 radical (unpaired) electrons. The number of nitrogens with zero attached hydrogens (tertiary/aromatic N) is 6. The fourth-order valence-electron chi connectivity index (χ4n) is 2.70. The van der Waals surface area contributed by atoms with Crippen molar-refractivity contribution in [1.29, 1.82) is 0 Å². The second-order valence-electron chi connectivity index (χ2n) is 5.55. The van der Waals surface area contributed by atoms with Crippen molar-refractivity contribution in [1.82, 2.24) is 35.1 Å². The molecule has 0 amide bonds. The molecule has 118 valence electrons. The lowest BCUT2D eigenvalue weighted by molar-refractivity contribution is 0.190. The molecule has 1 N–H and O–H groups in total. The molecule has 8 heteroatoms. The fraction of sp³-hybridized carbons (Fsp3) is 0.333. The molecule has 0 spiro atoms. The SMILES string of the molecule is CN1CCNCC1c1noc(-c2cccc(-n3cncn3)c2)n1.